The van der Waals surface area contributed by atoms with Gasteiger partial charge in [0.15, 0.2) is 0 Å². The molecular formula is C9H12ClN3O2. The van der Waals surface area contributed by atoms with Gasteiger partial charge >= 0.3 is 6.01 Å². The Kier molecular flexibility index (Phi) is 4.30. The van der Waals surface area contributed by atoms with Gasteiger partial charge < -0.3 is 10.1 Å². The smallest absolute Gasteiger partial charge is 0.316 e. The van der Waals surface area contributed by atoms with E-state index in [2.05, 4.69) is 15.3 Å². The minimum Gasteiger partial charge on any atom is -0.461 e. The summed E-state index contributed by atoms with van der Waals surface area (Å²) in [6.45, 7) is 3.76. The Bertz CT molecular complexity index is 327. The number of carbonyl (C=O) groups is 1. The van der Waals surface area contributed by atoms with Gasteiger partial charge in [0, 0.05) is 0 Å². The zero-order valence-electron chi connectivity index (χ0n) is 8.53. The van der Waals surface area contributed by atoms with E-state index in [0.29, 0.717) is 5.69 Å². The second-order valence-electron chi connectivity index (χ2n) is 3.10. The van der Waals surface area contributed by atoms with Crippen LogP contribution < -0.4 is 10.1 Å². The van der Waals surface area contributed by atoms with E-state index in [9.17, 15) is 4.79 Å². The first-order chi connectivity index (χ1) is 7.11. The van der Waals surface area contributed by atoms with E-state index in [4.69, 9.17) is 16.3 Å². The predicted molar refractivity (Wildman–Crippen MR) is 57.1 cm³/mol. The lowest BCUT2D eigenvalue weighted by molar-refractivity contribution is -0.113. The van der Waals surface area contributed by atoms with Crippen molar-refractivity contribution in [2.75, 3.05) is 11.2 Å². The first-order valence-corrected chi connectivity index (χ1v) is 4.99. The van der Waals surface area contributed by atoms with E-state index in [1.54, 1.807) is 0 Å². The maximum absolute atomic E-state index is 10.9. The standard InChI is InChI=1S/C9H12ClN3O2/c1-6(2)15-9-11-4-7(5-12-9)13-8(14)3-10/h4-6H,3H2,1-2H3,(H,13,14). The van der Waals surface area contributed by atoms with Crippen LogP contribution in [0.4, 0.5) is 5.69 Å². The molecule has 0 radical (unpaired) electrons. The van der Waals surface area contributed by atoms with Gasteiger partial charge in [0.2, 0.25) is 5.91 Å². The molecule has 0 atom stereocenters. The zero-order chi connectivity index (χ0) is 11.3. The summed E-state index contributed by atoms with van der Waals surface area (Å²) in [6.07, 6.45) is 2.96. The zero-order valence-corrected chi connectivity index (χ0v) is 9.28. The van der Waals surface area contributed by atoms with Crippen molar-refractivity contribution < 1.29 is 9.53 Å². The third-order valence-corrected chi connectivity index (χ3v) is 1.62. The van der Waals surface area contributed by atoms with Crippen LogP contribution >= 0.6 is 11.6 Å². The molecule has 0 bridgehead atoms. The second kappa shape index (κ2) is 5.50. The number of alkyl halides is 1. The summed E-state index contributed by atoms with van der Waals surface area (Å²) >= 11 is 5.32. The molecule has 82 valence electrons. The van der Waals surface area contributed by atoms with E-state index in [1.165, 1.54) is 12.4 Å². The van der Waals surface area contributed by atoms with Crippen LogP contribution in [0.5, 0.6) is 6.01 Å². The SMILES string of the molecule is CC(C)Oc1ncc(NC(=O)CCl)cn1. The number of carbonyl (C=O) groups excluding carboxylic acids is 1. The Morgan fingerprint density at radius 2 is 2.13 bits per heavy atom. The largest absolute Gasteiger partial charge is 0.461 e. The monoisotopic (exact) mass is 229 g/mol. The summed E-state index contributed by atoms with van der Waals surface area (Å²) < 4.78 is 5.24. The minimum atomic E-state index is -0.294. The third kappa shape index (κ3) is 4.12. The molecule has 1 N–H and O–H groups in total. The van der Waals surface area contributed by atoms with Crippen LogP contribution in [0.2, 0.25) is 0 Å². The quantitative estimate of drug-likeness (QED) is 0.794. The Morgan fingerprint density at radius 3 is 2.60 bits per heavy atom. The van der Waals surface area contributed by atoms with Crippen LogP contribution in [-0.2, 0) is 4.79 Å². The van der Waals surface area contributed by atoms with Gasteiger partial charge in [-0.2, -0.15) is 0 Å². The van der Waals surface area contributed by atoms with Crippen molar-refractivity contribution in [2.24, 2.45) is 0 Å². The molecule has 1 rings (SSSR count). The van der Waals surface area contributed by atoms with E-state index < -0.39 is 0 Å². The highest BCUT2D eigenvalue weighted by Crippen LogP contribution is 2.08. The average Bonchev–Trinajstić information content (AvgIpc) is 2.20. The Balaban J connectivity index is 2.60. The van der Waals surface area contributed by atoms with Gasteiger partial charge in [0.25, 0.3) is 0 Å². The molecule has 0 aliphatic rings. The molecule has 0 saturated heterocycles. The summed E-state index contributed by atoms with van der Waals surface area (Å²) in [5.74, 6) is -0.387. The molecule has 0 spiro atoms. The van der Waals surface area contributed by atoms with E-state index in [0.717, 1.165) is 0 Å². The fourth-order valence-electron chi connectivity index (χ4n) is 0.847. The average molecular weight is 230 g/mol. The van der Waals surface area contributed by atoms with Crippen LogP contribution in [0, 0.1) is 0 Å². The molecule has 1 heterocycles. The van der Waals surface area contributed by atoms with Crippen molar-refractivity contribution in [3.63, 3.8) is 0 Å². The lowest BCUT2D eigenvalue weighted by atomic mass is 10.5. The highest BCUT2D eigenvalue weighted by molar-refractivity contribution is 6.29. The molecule has 0 unspecified atom stereocenters. The van der Waals surface area contributed by atoms with Crippen LogP contribution in [0.25, 0.3) is 0 Å². The molecule has 0 aliphatic carbocycles. The lowest BCUT2D eigenvalue weighted by Gasteiger charge is -2.07. The molecule has 1 aromatic heterocycles. The molecule has 15 heavy (non-hydrogen) atoms. The molecule has 1 aromatic rings. The molecule has 0 aromatic carbocycles. The van der Waals surface area contributed by atoms with Crippen LogP contribution in [0.15, 0.2) is 12.4 Å². The number of rotatable bonds is 4. The third-order valence-electron chi connectivity index (χ3n) is 1.37. The maximum atomic E-state index is 10.9. The molecular weight excluding hydrogens is 218 g/mol. The van der Waals surface area contributed by atoms with Crippen LogP contribution in [0.1, 0.15) is 13.8 Å². The second-order valence-corrected chi connectivity index (χ2v) is 3.37. The number of anilines is 1. The maximum Gasteiger partial charge on any atom is 0.316 e. The molecule has 6 heteroatoms. The van der Waals surface area contributed by atoms with Gasteiger partial charge in [-0.1, -0.05) is 0 Å². The van der Waals surface area contributed by atoms with Crippen molar-refractivity contribution in [3.05, 3.63) is 12.4 Å². The normalized spacial score (nSPS) is 10.1. The number of hydrogen-bond donors (Lipinski definition) is 1. The number of nitrogens with one attached hydrogen (secondary N) is 1. The molecule has 5 nitrogen and oxygen atoms in total. The van der Waals surface area contributed by atoms with Gasteiger partial charge in [-0.15, -0.1) is 11.6 Å². The summed E-state index contributed by atoms with van der Waals surface area (Å²) in [4.78, 5) is 18.7. The molecule has 0 aliphatic heterocycles. The minimum absolute atomic E-state index is 0.0216. The molecule has 0 fully saturated rings. The van der Waals surface area contributed by atoms with Crippen molar-refractivity contribution in [1.82, 2.24) is 9.97 Å². The van der Waals surface area contributed by atoms with Crippen LogP contribution in [0.3, 0.4) is 0 Å². The number of ether oxygens (including phenoxy) is 1. The Labute approximate surface area is 92.8 Å². The molecule has 1 amide bonds. The topological polar surface area (TPSA) is 64.1 Å². The predicted octanol–water partition coefficient (Wildman–Crippen LogP) is 1.44. The van der Waals surface area contributed by atoms with E-state index in [1.807, 2.05) is 13.8 Å². The number of hydrogen-bond acceptors (Lipinski definition) is 4. The Morgan fingerprint density at radius 1 is 1.53 bits per heavy atom. The first-order valence-electron chi connectivity index (χ1n) is 4.46. The highest BCUT2D eigenvalue weighted by atomic mass is 35.5. The van der Waals surface area contributed by atoms with Gasteiger partial charge in [-0.05, 0) is 13.8 Å². The number of amides is 1. The Hall–Kier alpha value is -1.36. The van der Waals surface area contributed by atoms with Crippen molar-refractivity contribution in [2.45, 2.75) is 20.0 Å². The van der Waals surface area contributed by atoms with Gasteiger partial charge in [0.1, 0.15) is 5.88 Å². The fourth-order valence-corrected chi connectivity index (χ4v) is 0.914. The first kappa shape index (κ1) is 11.7. The van der Waals surface area contributed by atoms with Crippen LogP contribution in [-0.4, -0.2) is 27.9 Å². The number of aromatic nitrogens is 2. The van der Waals surface area contributed by atoms with Crippen molar-refractivity contribution in [1.29, 1.82) is 0 Å². The van der Waals surface area contributed by atoms with Gasteiger partial charge in [-0.3, -0.25) is 4.79 Å². The number of nitrogens with zero attached hydrogens (tertiary/aromatic N) is 2. The van der Waals surface area contributed by atoms with E-state index >= 15 is 0 Å². The fraction of sp³-hybridized carbons (Fsp3) is 0.444. The lowest BCUT2D eigenvalue weighted by Crippen LogP contribution is -2.13. The van der Waals surface area contributed by atoms with Crippen molar-refractivity contribution in [3.8, 4) is 6.01 Å². The van der Waals surface area contributed by atoms with Gasteiger partial charge in [-0.25, -0.2) is 9.97 Å². The highest BCUT2D eigenvalue weighted by Gasteiger charge is 2.03. The van der Waals surface area contributed by atoms with Crippen molar-refractivity contribution >= 4 is 23.2 Å². The summed E-state index contributed by atoms with van der Waals surface area (Å²) in [5, 5.41) is 2.52. The summed E-state index contributed by atoms with van der Waals surface area (Å²) in [7, 11) is 0. The summed E-state index contributed by atoms with van der Waals surface area (Å²) in [6, 6.07) is 0.286. The molecule has 0 saturated carbocycles. The number of halogens is 1. The van der Waals surface area contributed by atoms with Gasteiger partial charge in [0.05, 0.1) is 24.2 Å². The summed E-state index contributed by atoms with van der Waals surface area (Å²) in [5.41, 5.74) is 0.497. The van der Waals surface area contributed by atoms with E-state index in [-0.39, 0.29) is 23.9 Å².